The maximum atomic E-state index is 6.33. The van der Waals surface area contributed by atoms with Crippen LogP contribution in [0.5, 0.6) is 0 Å². The zero-order valence-electron chi connectivity index (χ0n) is 14.4. The van der Waals surface area contributed by atoms with E-state index in [2.05, 4.69) is 53.8 Å². The molecule has 0 saturated heterocycles. The number of ether oxygens (including phenoxy) is 2. The average molecular weight is 301 g/mol. The molecular formula is C16H32O3Si. The van der Waals surface area contributed by atoms with Crippen LogP contribution < -0.4 is 0 Å². The van der Waals surface area contributed by atoms with Gasteiger partial charge in [0.1, 0.15) is 0 Å². The van der Waals surface area contributed by atoms with Gasteiger partial charge in [0.15, 0.2) is 14.6 Å². The molecule has 0 N–H and O–H groups in total. The van der Waals surface area contributed by atoms with E-state index in [-0.39, 0.29) is 17.4 Å². The van der Waals surface area contributed by atoms with E-state index in [1.165, 1.54) is 0 Å². The van der Waals surface area contributed by atoms with Gasteiger partial charge in [0, 0.05) is 13.0 Å². The minimum atomic E-state index is -1.73. The molecule has 0 aliphatic carbocycles. The summed E-state index contributed by atoms with van der Waals surface area (Å²) in [7, 11) is -0.0533. The van der Waals surface area contributed by atoms with E-state index in [4.69, 9.17) is 13.9 Å². The van der Waals surface area contributed by atoms with Gasteiger partial charge in [-0.15, -0.1) is 0 Å². The zero-order valence-corrected chi connectivity index (χ0v) is 15.4. The third-order valence-electron chi connectivity index (χ3n) is 4.65. The molecule has 3 nitrogen and oxygen atoms in total. The van der Waals surface area contributed by atoms with Crippen LogP contribution in [-0.4, -0.2) is 34.4 Å². The van der Waals surface area contributed by atoms with Gasteiger partial charge in [-0.25, -0.2) is 0 Å². The van der Waals surface area contributed by atoms with Crippen LogP contribution in [0.1, 0.15) is 34.6 Å². The lowest BCUT2D eigenvalue weighted by Gasteiger charge is -2.40. The van der Waals surface area contributed by atoms with Crippen molar-refractivity contribution >= 4 is 8.32 Å². The fourth-order valence-corrected chi connectivity index (χ4v) is 3.11. The molecule has 0 aromatic carbocycles. The van der Waals surface area contributed by atoms with E-state index in [1.807, 2.05) is 6.08 Å². The first-order valence-electron chi connectivity index (χ1n) is 7.59. The highest BCUT2D eigenvalue weighted by atomic mass is 28.4. The lowest BCUT2D eigenvalue weighted by Crippen LogP contribution is -2.46. The van der Waals surface area contributed by atoms with Gasteiger partial charge in [-0.3, -0.25) is 0 Å². The summed E-state index contributed by atoms with van der Waals surface area (Å²) in [6.07, 6.45) is 4.08. The minimum absolute atomic E-state index is 0.0825. The van der Waals surface area contributed by atoms with E-state index < -0.39 is 8.32 Å². The molecule has 4 heteroatoms. The summed E-state index contributed by atoms with van der Waals surface area (Å²) in [4.78, 5) is 0. The smallest absolute Gasteiger partial charge is 0.192 e. The highest BCUT2D eigenvalue weighted by Gasteiger charge is 2.39. The van der Waals surface area contributed by atoms with Gasteiger partial charge in [-0.1, -0.05) is 40.7 Å². The Morgan fingerprint density at radius 1 is 1.20 bits per heavy atom. The van der Waals surface area contributed by atoms with Crippen molar-refractivity contribution in [2.75, 3.05) is 13.7 Å². The molecule has 0 radical (unpaired) electrons. The predicted octanol–water partition coefficient (Wildman–Crippen LogP) is 4.21. The Kier molecular flexibility index (Phi) is 6.02. The molecule has 0 aromatic rings. The SMILES string of the molecule is CO[C@@H]1C=C[C@@H](C(C)C)[C@@H](CO[Si](C)(C)C(C)(C)C)O1. The van der Waals surface area contributed by atoms with Crippen LogP contribution in [0.25, 0.3) is 0 Å². The Bertz CT molecular complexity index is 331. The van der Waals surface area contributed by atoms with E-state index in [0.29, 0.717) is 18.4 Å². The van der Waals surface area contributed by atoms with Crippen LogP contribution in [0.3, 0.4) is 0 Å². The lowest BCUT2D eigenvalue weighted by molar-refractivity contribution is -0.158. The van der Waals surface area contributed by atoms with Gasteiger partial charge in [-0.05, 0) is 30.1 Å². The second kappa shape index (κ2) is 6.73. The molecule has 1 aliphatic rings. The monoisotopic (exact) mass is 300 g/mol. The zero-order chi connectivity index (χ0) is 15.6. The van der Waals surface area contributed by atoms with Gasteiger partial charge < -0.3 is 13.9 Å². The molecule has 0 amide bonds. The van der Waals surface area contributed by atoms with E-state index in [0.717, 1.165) is 0 Å². The molecular weight excluding hydrogens is 268 g/mol. The molecule has 0 spiro atoms. The van der Waals surface area contributed by atoms with E-state index >= 15 is 0 Å². The van der Waals surface area contributed by atoms with Crippen LogP contribution in [0.4, 0.5) is 0 Å². The third kappa shape index (κ3) is 4.42. The first-order valence-corrected chi connectivity index (χ1v) is 10.5. The Balaban J connectivity index is 2.71. The van der Waals surface area contributed by atoms with Crippen molar-refractivity contribution in [1.82, 2.24) is 0 Å². The molecule has 20 heavy (non-hydrogen) atoms. The first-order chi connectivity index (χ1) is 9.08. The second-order valence-corrected chi connectivity index (χ2v) is 12.4. The molecule has 1 heterocycles. The Morgan fingerprint density at radius 2 is 1.80 bits per heavy atom. The summed E-state index contributed by atoms with van der Waals surface area (Å²) in [5.74, 6) is 0.934. The van der Waals surface area contributed by atoms with Crippen LogP contribution in [0.15, 0.2) is 12.2 Å². The summed E-state index contributed by atoms with van der Waals surface area (Å²) in [6, 6.07) is 0. The highest BCUT2D eigenvalue weighted by molar-refractivity contribution is 6.74. The van der Waals surface area contributed by atoms with Gasteiger partial charge >= 0.3 is 0 Å². The Hall–Kier alpha value is -0.163. The van der Waals surface area contributed by atoms with Crippen molar-refractivity contribution in [3.8, 4) is 0 Å². The molecule has 0 aromatic heterocycles. The first kappa shape index (κ1) is 17.9. The van der Waals surface area contributed by atoms with Crippen LogP contribution in [-0.2, 0) is 13.9 Å². The van der Waals surface area contributed by atoms with Gasteiger partial charge in [0.2, 0.25) is 0 Å². The number of hydrogen-bond donors (Lipinski definition) is 0. The van der Waals surface area contributed by atoms with Gasteiger partial charge in [0.25, 0.3) is 0 Å². The Morgan fingerprint density at radius 3 is 2.25 bits per heavy atom. The summed E-state index contributed by atoms with van der Waals surface area (Å²) in [5, 5.41) is 0.228. The molecule has 0 fully saturated rings. The van der Waals surface area contributed by atoms with Crippen molar-refractivity contribution in [3.63, 3.8) is 0 Å². The van der Waals surface area contributed by atoms with E-state index in [1.54, 1.807) is 7.11 Å². The van der Waals surface area contributed by atoms with Crippen molar-refractivity contribution < 1.29 is 13.9 Å². The predicted molar refractivity (Wildman–Crippen MR) is 86.3 cm³/mol. The van der Waals surface area contributed by atoms with Gasteiger partial charge in [0.05, 0.1) is 12.7 Å². The number of rotatable bonds is 5. The molecule has 0 unspecified atom stereocenters. The quantitative estimate of drug-likeness (QED) is 0.562. The van der Waals surface area contributed by atoms with Crippen molar-refractivity contribution in [3.05, 3.63) is 12.2 Å². The normalized spacial score (nSPS) is 28.1. The Labute approximate surface area is 125 Å². The topological polar surface area (TPSA) is 27.7 Å². The average Bonchev–Trinajstić information content (AvgIpc) is 2.34. The second-order valence-electron chi connectivity index (χ2n) is 7.56. The fourth-order valence-electron chi connectivity index (χ4n) is 2.09. The summed E-state index contributed by atoms with van der Waals surface area (Å²) >= 11 is 0. The van der Waals surface area contributed by atoms with Crippen LogP contribution in [0.2, 0.25) is 18.1 Å². The van der Waals surface area contributed by atoms with Gasteiger partial charge in [-0.2, -0.15) is 0 Å². The molecule has 0 saturated carbocycles. The number of methoxy groups -OCH3 is 1. The fraction of sp³-hybridized carbons (Fsp3) is 0.875. The minimum Gasteiger partial charge on any atom is -0.414 e. The molecule has 1 rings (SSSR count). The highest BCUT2D eigenvalue weighted by Crippen LogP contribution is 2.37. The third-order valence-corrected chi connectivity index (χ3v) is 9.15. The van der Waals surface area contributed by atoms with E-state index in [9.17, 15) is 0 Å². The van der Waals surface area contributed by atoms with Crippen molar-refractivity contribution in [2.24, 2.45) is 11.8 Å². The van der Waals surface area contributed by atoms with Crippen molar-refractivity contribution in [2.45, 2.75) is 65.1 Å². The molecule has 1 aliphatic heterocycles. The molecule has 118 valence electrons. The largest absolute Gasteiger partial charge is 0.414 e. The maximum absolute atomic E-state index is 6.33. The molecule has 0 bridgehead atoms. The summed E-state index contributed by atoms with van der Waals surface area (Å²) < 4.78 is 17.6. The maximum Gasteiger partial charge on any atom is 0.192 e. The summed E-state index contributed by atoms with van der Waals surface area (Å²) in [5.41, 5.74) is 0. The number of hydrogen-bond acceptors (Lipinski definition) is 3. The van der Waals surface area contributed by atoms with Crippen molar-refractivity contribution in [1.29, 1.82) is 0 Å². The standard InChI is InChI=1S/C16H32O3Si/c1-12(2)13-9-10-15(17-6)19-14(13)11-18-20(7,8)16(3,4)5/h9-10,12-15H,11H2,1-8H3/t13-,14+,15-/m0/s1. The van der Waals surface area contributed by atoms with Crippen LogP contribution >= 0.6 is 0 Å². The lowest BCUT2D eigenvalue weighted by atomic mass is 9.89. The molecule has 3 atom stereocenters. The van der Waals surface area contributed by atoms with Crippen LogP contribution in [0, 0.1) is 11.8 Å². The summed E-state index contributed by atoms with van der Waals surface area (Å²) in [6.45, 7) is 16.5.